The third-order valence-electron chi connectivity index (χ3n) is 9.83. The number of carbonyl (C=O) groups is 4. The Kier molecular flexibility index (Phi) is 17.1. The molecule has 3 amide bonds. The lowest BCUT2D eigenvalue weighted by molar-refractivity contribution is -0.150. The van der Waals surface area contributed by atoms with E-state index in [-0.39, 0.29) is 66.0 Å². The Bertz CT molecular complexity index is 2450. The molecular formula is C41H50N10O9S3. The average Bonchev–Trinajstić information content (AvgIpc) is 3.81. The number of Topliss-reactive ketones (excluding diaryl/α,β-unsaturated/α-hetero) is 1. The number of nitrogens with one attached hydrogen (secondary N) is 5. The summed E-state index contributed by atoms with van der Waals surface area (Å²) in [7, 11) is -8.03. The fourth-order valence-electron chi connectivity index (χ4n) is 6.39. The van der Waals surface area contributed by atoms with Gasteiger partial charge in [-0.25, -0.2) is 26.6 Å². The van der Waals surface area contributed by atoms with Crippen LogP contribution in [0.25, 0.3) is 0 Å². The molecule has 63 heavy (non-hydrogen) atoms. The van der Waals surface area contributed by atoms with Crippen LogP contribution < -0.4 is 25.8 Å². The standard InChI is InChI=1S/C41H50N10O9S3/c1-28-10-14-31(15-11-28)62(56,57)47-26-45-35(43)19-18-34-40(54)51(23-22-50(34)41(55)60-25-30-7-4-3-5-8-30)37(46-27-48-63(58,59)32-16-12-29(2)13-17-32)38(53)49-33(9-6-20-42)36(52)39-44-21-24-61-39/h3-5,7-8,10-17,20-21,24,33-34,37,42,46-48H,6,9,18-19,22-23,25-27H2,1-2H3,(H2,43,45)(H,49,53)/t33?,34-,37-/m0/s1. The summed E-state index contributed by atoms with van der Waals surface area (Å²) in [6, 6.07) is 18.7. The zero-order valence-corrected chi connectivity index (χ0v) is 37.0. The van der Waals surface area contributed by atoms with E-state index >= 15 is 0 Å². The Morgan fingerprint density at radius 1 is 0.952 bits per heavy atom. The first-order valence-electron chi connectivity index (χ1n) is 19.7. The zero-order valence-electron chi connectivity index (χ0n) is 34.6. The summed E-state index contributed by atoms with van der Waals surface area (Å²) in [6.07, 6.45) is -0.0155. The van der Waals surface area contributed by atoms with Gasteiger partial charge in [0.15, 0.2) is 11.2 Å². The Hall–Kier alpha value is -5.91. The molecule has 1 saturated heterocycles. The highest BCUT2D eigenvalue weighted by Crippen LogP contribution is 2.21. The van der Waals surface area contributed by atoms with Crippen LogP contribution in [0.1, 0.15) is 52.2 Å². The summed E-state index contributed by atoms with van der Waals surface area (Å²) in [4.78, 5) is 66.6. The second-order valence-electron chi connectivity index (χ2n) is 14.4. The minimum absolute atomic E-state index is 0.0256. The average molecular weight is 923 g/mol. The molecule has 4 aromatic rings. The van der Waals surface area contributed by atoms with Gasteiger partial charge in [-0.1, -0.05) is 65.7 Å². The number of piperazine rings is 1. The van der Waals surface area contributed by atoms with Crippen molar-refractivity contribution in [3.63, 3.8) is 0 Å². The Balaban J connectivity index is 1.39. The molecule has 0 radical (unpaired) electrons. The number of benzene rings is 3. The van der Waals surface area contributed by atoms with E-state index in [0.29, 0.717) is 5.56 Å². The second-order valence-corrected chi connectivity index (χ2v) is 18.8. The summed E-state index contributed by atoms with van der Waals surface area (Å²) in [6.45, 7) is 2.17. The van der Waals surface area contributed by atoms with Crippen LogP contribution in [-0.4, -0.2) is 112 Å². The minimum Gasteiger partial charge on any atom is -0.445 e. The van der Waals surface area contributed by atoms with Gasteiger partial charge in [-0.3, -0.25) is 29.6 Å². The molecule has 1 fully saturated rings. The van der Waals surface area contributed by atoms with Gasteiger partial charge in [0.05, 0.1) is 28.3 Å². The molecule has 7 N–H and O–H groups in total. The van der Waals surface area contributed by atoms with Crippen LogP contribution in [0, 0.1) is 19.3 Å². The largest absolute Gasteiger partial charge is 0.445 e. The molecule has 336 valence electrons. The Morgan fingerprint density at radius 2 is 1.59 bits per heavy atom. The van der Waals surface area contributed by atoms with E-state index in [1.807, 2.05) is 6.92 Å². The number of rotatable bonds is 22. The van der Waals surface area contributed by atoms with Crippen molar-refractivity contribution >= 4 is 67.1 Å². The molecule has 1 aromatic heterocycles. The molecule has 0 saturated carbocycles. The molecule has 1 unspecified atom stereocenters. The predicted molar refractivity (Wildman–Crippen MR) is 236 cm³/mol. The summed E-state index contributed by atoms with van der Waals surface area (Å²) in [5.41, 5.74) is 8.61. The Morgan fingerprint density at radius 3 is 2.19 bits per heavy atom. The van der Waals surface area contributed by atoms with Gasteiger partial charge in [0.25, 0.3) is 5.91 Å². The van der Waals surface area contributed by atoms with Gasteiger partial charge in [-0.15, -0.1) is 11.3 Å². The van der Waals surface area contributed by atoms with E-state index in [1.54, 1.807) is 66.9 Å². The monoisotopic (exact) mass is 922 g/mol. The fraction of sp³-hybridized carbons (Fsp3) is 0.341. The number of aliphatic imine (C=N–C) groups is 1. The van der Waals surface area contributed by atoms with Crippen molar-refractivity contribution in [1.29, 1.82) is 5.41 Å². The quantitative estimate of drug-likeness (QED) is 0.0287. The maximum absolute atomic E-state index is 14.6. The number of amides is 3. The highest BCUT2D eigenvalue weighted by atomic mass is 32.2. The molecule has 1 aliphatic rings. The van der Waals surface area contributed by atoms with Crippen molar-refractivity contribution in [3.8, 4) is 0 Å². The second kappa shape index (κ2) is 22.4. The number of hydrogen-bond acceptors (Lipinski definition) is 14. The van der Waals surface area contributed by atoms with Gasteiger partial charge < -0.3 is 26.1 Å². The zero-order chi connectivity index (χ0) is 45.6. The van der Waals surface area contributed by atoms with E-state index in [2.05, 4.69) is 30.1 Å². The number of aromatic nitrogens is 1. The normalized spacial score (nSPS) is 15.7. The third kappa shape index (κ3) is 13.5. The number of aryl methyl sites for hydroxylation is 2. The molecule has 3 aromatic carbocycles. The molecule has 2 heterocycles. The number of thiazole rings is 1. The lowest BCUT2D eigenvalue weighted by Crippen LogP contribution is -2.67. The van der Waals surface area contributed by atoms with Crippen LogP contribution in [0.2, 0.25) is 0 Å². The third-order valence-corrected chi connectivity index (χ3v) is 13.4. The lowest BCUT2D eigenvalue weighted by atomic mass is 10.0. The van der Waals surface area contributed by atoms with Gasteiger partial charge in [0, 0.05) is 31.1 Å². The van der Waals surface area contributed by atoms with Crippen LogP contribution in [-0.2, 0) is 41.0 Å². The minimum atomic E-state index is -4.11. The van der Waals surface area contributed by atoms with Gasteiger partial charge in [0.1, 0.15) is 19.3 Å². The molecule has 22 heteroatoms. The molecule has 0 bridgehead atoms. The van der Waals surface area contributed by atoms with Gasteiger partial charge >= 0.3 is 6.09 Å². The van der Waals surface area contributed by atoms with Crippen LogP contribution in [0.15, 0.2) is 105 Å². The highest BCUT2D eigenvalue weighted by molar-refractivity contribution is 7.89. The molecule has 5 rings (SSSR count). The number of amidine groups is 1. The number of hydrogen-bond donors (Lipinski definition) is 6. The molecule has 19 nitrogen and oxygen atoms in total. The molecule has 3 atom stereocenters. The van der Waals surface area contributed by atoms with Crippen molar-refractivity contribution in [2.75, 3.05) is 26.4 Å². The van der Waals surface area contributed by atoms with E-state index in [4.69, 9.17) is 15.9 Å². The summed E-state index contributed by atoms with van der Waals surface area (Å²) in [5.74, 6) is -2.19. The topological polar surface area (TPSA) is 276 Å². The van der Waals surface area contributed by atoms with Crippen LogP contribution in [0.3, 0.4) is 0 Å². The van der Waals surface area contributed by atoms with Crippen molar-refractivity contribution in [1.82, 2.24) is 34.9 Å². The maximum atomic E-state index is 14.6. The highest BCUT2D eigenvalue weighted by Gasteiger charge is 2.43. The fourth-order valence-corrected chi connectivity index (χ4v) is 8.85. The molecular weight excluding hydrogens is 873 g/mol. The van der Waals surface area contributed by atoms with Crippen LogP contribution in [0.5, 0.6) is 0 Å². The van der Waals surface area contributed by atoms with Crippen molar-refractivity contribution in [2.24, 2.45) is 10.7 Å². The molecule has 0 aliphatic carbocycles. The van der Waals surface area contributed by atoms with E-state index in [9.17, 15) is 36.0 Å². The number of carbonyl (C=O) groups excluding carboxylic acids is 4. The number of ketones is 1. The summed E-state index contributed by atoms with van der Waals surface area (Å²) in [5, 5.41) is 14.7. The van der Waals surface area contributed by atoms with Gasteiger partial charge in [-0.05, 0) is 69.2 Å². The maximum Gasteiger partial charge on any atom is 0.410 e. The van der Waals surface area contributed by atoms with Crippen molar-refractivity contribution in [3.05, 3.63) is 112 Å². The van der Waals surface area contributed by atoms with Crippen molar-refractivity contribution in [2.45, 2.75) is 74.2 Å². The van der Waals surface area contributed by atoms with Crippen LogP contribution >= 0.6 is 11.3 Å². The summed E-state index contributed by atoms with van der Waals surface area (Å²) >= 11 is 1.06. The first kappa shape index (κ1) is 48.1. The van der Waals surface area contributed by atoms with Gasteiger partial charge in [0.2, 0.25) is 31.7 Å². The number of sulfonamides is 2. The van der Waals surface area contributed by atoms with E-state index in [0.717, 1.165) is 33.6 Å². The first-order chi connectivity index (χ1) is 30.1. The Labute approximate surface area is 370 Å². The first-order valence-corrected chi connectivity index (χ1v) is 23.6. The van der Waals surface area contributed by atoms with E-state index < -0.39 is 75.3 Å². The summed E-state index contributed by atoms with van der Waals surface area (Å²) < 4.78 is 62.4. The van der Waals surface area contributed by atoms with E-state index in [1.165, 1.54) is 35.4 Å². The van der Waals surface area contributed by atoms with Crippen molar-refractivity contribution < 1.29 is 40.8 Å². The lowest BCUT2D eigenvalue weighted by Gasteiger charge is -2.43. The van der Waals surface area contributed by atoms with Gasteiger partial charge in [-0.2, -0.15) is 9.44 Å². The smallest absolute Gasteiger partial charge is 0.410 e. The molecule has 0 spiro atoms. The van der Waals surface area contributed by atoms with Crippen LogP contribution in [0.4, 0.5) is 4.79 Å². The SMILES string of the molecule is Cc1ccc(S(=O)(=O)NC/N=C(\N)CC[C@H]2C(=O)N([C@H](NCNS(=O)(=O)c3ccc(C)cc3)C(=O)NC(CCC=N)C(=O)c3nccs3)CCN2C(=O)OCc2ccccc2)cc1. The number of nitrogens with zero attached hydrogens (tertiary/aromatic N) is 4. The number of nitrogens with two attached hydrogens (primary N) is 1. The predicted octanol–water partition coefficient (Wildman–Crippen LogP) is 2.63. The number of ether oxygens (including phenoxy) is 1. The molecule has 1 aliphatic heterocycles.